The predicted octanol–water partition coefficient (Wildman–Crippen LogP) is 10.8. The molecule has 1 aliphatic carbocycles. The normalized spacial score (nSPS) is 16.7. The standard InChI is InChI=1S/C41H74F2N2O4/c42-38(29-25-21-17-13-9-5-1-3-7-11-15-19-23-27-33-46)40(48)44-36-31-32-37(35-36)45-41(49)39(43)30-26-22-18-14-10-6-2-4-8-12-16-20-24-28-34-47/h29-30,36-37,46-47H,1-28,31-35H2,(H,44,48)(H,45,49). The van der Waals surface area contributed by atoms with Crippen molar-refractivity contribution in [3.63, 3.8) is 0 Å². The Morgan fingerprint density at radius 2 is 0.694 bits per heavy atom. The molecule has 0 heterocycles. The Bertz CT molecular complexity index is 798. The molecule has 286 valence electrons. The lowest BCUT2D eigenvalue weighted by atomic mass is 10.0. The van der Waals surface area contributed by atoms with E-state index in [-0.39, 0.29) is 12.1 Å². The largest absolute Gasteiger partial charge is 0.396 e. The van der Waals surface area contributed by atoms with Crippen LogP contribution in [0.3, 0.4) is 0 Å². The number of allylic oxidation sites excluding steroid dienone is 2. The molecule has 1 fully saturated rings. The van der Waals surface area contributed by atoms with E-state index < -0.39 is 23.5 Å². The molecule has 0 aromatic rings. The van der Waals surface area contributed by atoms with Gasteiger partial charge in [0.2, 0.25) is 0 Å². The first kappa shape index (κ1) is 45.2. The van der Waals surface area contributed by atoms with Crippen LogP contribution in [0.4, 0.5) is 8.78 Å². The van der Waals surface area contributed by atoms with E-state index in [2.05, 4.69) is 10.6 Å². The molecular formula is C41H74F2N2O4. The van der Waals surface area contributed by atoms with Gasteiger partial charge in [-0.05, 0) is 69.9 Å². The van der Waals surface area contributed by atoms with Gasteiger partial charge < -0.3 is 20.8 Å². The molecule has 0 saturated heterocycles. The molecular weight excluding hydrogens is 622 g/mol. The van der Waals surface area contributed by atoms with E-state index >= 15 is 0 Å². The fraction of sp³-hybridized carbons (Fsp3) is 0.854. The molecule has 0 bridgehead atoms. The molecule has 0 aromatic carbocycles. The maximum absolute atomic E-state index is 14.4. The van der Waals surface area contributed by atoms with Gasteiger partial charge in [0.1, 0.15) is 0 Å². The Morgan fingerprint density at radius 3 is 0.959 bits per heavy atom. The zero-order valence-electron chi connectivity index (χ0n) is 31.1. The van der Waals surface area contributed by atoms with Crippen molar-refractivity contribution >= 4 is 11.8 Å². The number of rotatable bonds is 34. The van der Waals surface area contributed by atoms with Crippen molar-refractivity contribution in [1.82, 2.24) is 10.6 Å². The summed E-state index contributed by atoms with van der Waals surface area (Å²) in [6.45, 7) is 0.621. The van der Waals surface area contributed by atoms with Gasteiger partial charge in [0.05, 0.1) is 0 Å². The van der Waals surface area contributed by atoms with E-state index in [9.17, 15) is 18.4 Å². The second kappa shape index (κ2) is 33.3. The minimum Gasteiger partial charge on any atom is -0.396 e. The lowest BCUT2D eigenvalue weighted by Crippen LogP contribution is -2.37. The number of carbonyl (C=O) groups excluding carboxylic acids is 2. The van der Waals surface area contributed by atoms with Gasteiger partial charge in [0.25, 0.3) is 11.8 Å². The van der Waals surface area contributed by atoms with Gasteiger partial charge in [-0.15, -0.1) is 0 Å². The Hall–Kier alpha value is -1.80. The fourth-order valence-corrected chi connectivity index (χ4v) is 6.80. The maximum atomic E-state index is 14.4. The molecule has 1 aliphatic rings. The molecule has 6 nitrogen and oxygen atoms in total. The average Bonchev–Trinajstić information content (AvgIpc) is 3.54. The third-order valence-electron chi connectivity index (χ3n) is 9.91. The number of hydrogen-bond donors (Lipinski definition) is 4. The number of hydrogen-bond acceptors (Lipinski definition) is 4. The average molecular weight is 697 g/mol. The maximum Gasteiger partial charge on any atom is 0.279 e. The van der Waals surface area contributed by atoms with Gasteiger partial charge in [0.15, 0.2) is 11.7 Å². The van der Waals surface area contributed by atoms with E-state index in [0.29, 0.717) is 45.3 Å². The zero-order valence-corrected chi connectivity index (χ0v) is 31.1. The van der Waals surface area contributed by atoms with Gasteiger partial charge in [0, 0.05) is 25.3 Å². The number of nitrogens with one attached hydrogen (secondary N) is 2. The minimum absolute atomic E-state index is 0.224. The summed E-state index contributed by atoms with van der Waals surface area (Å²) in [6.07, 6.45) is 36.1. The Kier molecular flexibility index (Phi) is 30.8. The highest BCUT2D eigenvalue weighted by atomic mass is 19.1. The highest BCUT2D eigenvalue weighted by Crippen LogP contribution is 2.21. The second-order valence-corrected chi connectivity index (χ2v) is 14.5. The molecule has 49 heavy (non-hydrogen) atoms. The summed E-state index contributed by atoms with van der Waals surface area (Å²) in [6, 6.07) is -0.449. The molecule has 2 unspecified atom stereocenters. The highest BCUT2D eigenvalue weighted by molar-refractivity contribution is 5.92. The second-order valence-electron chi connectivity index (χ2n) is 14.5. The van der Waals surface area contributed by atoms with Crippen molar-refractivity contribution in [3.8, 4) is 0 Å². The third-order valence-corrected chi connectivity index (χ3v) is 9.91. The number of aliphatic hydroxyl groups is 2. The number of amides is 2. The van der Waals surface area contributed by atoms with Crippen LogP contribution >= 0.6 is 0 Å². The van der Waals surface area contributed by atoms with Crippen LogP contribution in [0.2, 0.25) is 0 Å². The van der Waals surface area contributed by atoms with Crippen molar-refractivity contribution in [1.29, 1.82) is 0 Å². The number of halogens is 2. The van der Waals surface area contributed by atoms with E-state index in [0.717, 1.165) is 64.2 Å². The summed E-state index contributed by atoms with van der Waals surface area (Å²) in [4.78, 5) is 24.6. The van der Waals surface area contributed by atoms with Crippen LogP contribution < -0.4 is 10.6 Å². The first-order valence-electron chi connectivity index (χ1n) is 20.5. The summed E-state index contributed by atoms with van der Waals surface area (Å²) in [5, 5.41) is 23.1. The van der Waals surface area contributed by atoms with Crippen molar-refractivity contribution in [2.24, 2.45) is 0 Å². The minimum atomic E-state index is -0.741. The van der Waals surface area contributed by atoms with Gasteiger partial charge in [-0.1, -0.05) is 141 Å². The SMILES string of the molecule is O=C(NC1CCC(NC(=O)C(F)=CCCCCCCCCCCCCCCCO)C1)C(F)=CCCCCCCCCCCCCCCCO. The van der Waals surface area contributed by atoms with E-state index in [4.69, 9.17) is 10.2 Å². The predicted molar refractivity (Wildman–Crippen MR) is 200 cm³/mol. The molecule has 0 aliphatic heterocycles. The van der Waals surface area contributed by atoms with Crippen molar-refractivity contribution in [2.75, 3.05) is 13.2 Å². The number of aliphatic hydroxyl groups excluding tert-OH is 2. The topological polar surface area (TPSA) is 98.7 Å². The molecule has 0 aromatic heterocycles. The van der Waals surface area contributed by atoms with Crippen molar-refractivity contribution < 1.29 is 28.6 Å². The molecule has 0 spiro atoms. The smallest absolute Gasteiger partial charge is 0.279 e. The highest BCUT2D eigenvalue weighted by Gasteiger charge is 2.28. The van der Waals surface area contributed by atoms with Gasteiger partial charge in [-0.2, -0.15) is 0 Å². The van der Waals surface area contributed by atoms with Crippen LogP contribution in [0.15, 0.2) is 23.8 Å². The Balaban J connectivity index is 2.02. The summed E-state index contributed by atoms with van der Waals surface area (Å²) in [5.74, 6) is -2.87. The van der Waals surface area contributed by atoms with Gasteiger partial charge in [-0.25, -0.2) is 8.78 Å². The van der Waals surface area contributed by atoms with Crippen molar-refractivity contribution in [3.05, 3.63) is 23.8 Å². The van der Waals surface area contributed by atoms with Crippen LogP contribution in [0.5, 0.6) is 0 Å². The van der Waals surface area contributed by atoms with E-state index in [1.54, 1.807) is 0 Å². The molecule has 4 N–H and O–H groups in total. The number of carbonyl (C=O) groups is 2. The fourth-order valence-electron chi connectivity index (χ4n) is 6.80. The van der Waals surface area contributed by atoms with Crippen molar-refractivity contribution in [2.45, 2.75) is 211 Å². The van der Waals surface area contributed by atoms with Crippen LogP contribution in [0, 0.1) is 0 Å². The van der Waals surface area contributed by atoms with E-state index in [1.807, 2.05) is 0 Å². The Morgan fingerprint density at radius 1 is 0.449 bits per heavy atom. The zero-order chi connectivity index (χ0) is 35.6. The molecule has 0 radical (unpaired) electrons. The van der Waals surface area contributed by atoms with Crippen LogP contribution in [-0.4, -0.2) is 47.3 Å². The summed E-state index contributed by atoms with van der Waals surface area (Å²) >= 11 is 0. The van der Waals surface area contributed by atoms with Gasteiger partial charge in [-0.3, -0.25) is 9.59 Å². The molecule has 1 rings (SSSR count). The molecule has 2 atom stereocenters. The monoisotopic (exact) mass is 697 g/mol. The van der Waals surface area contributed by atoms with Crippen LogP contribution in [-0.2, 0) is 9.59 Å². The van der Waals surface area contributed by atoms with Crippen LogP contribution in [0.1, 0.15) is 199 Å². The number of unbranched alkanes of at least 4 members (excludes halogenated alkanes) is 26. The lowest BCUT2D eigenvalue weighted by Gasteiger charge is -2.14. The lowest BCUT2D eigenvalue weighted by molar-refractivity contribution is -0.119. The molecule has 8 heteroatoms. The Labute approximate surface area is 298 Å². The van der Waals surface area contributed by atoms with E-state index in [1.165, 1.54) is 115 Å². The first-order valence-corrected chi connectivity index (χ1v) is 20.5. The summed E-state index contributed by atoms with van der Waals surface area (Å²) in [7, 11) is 0. The summed E-state index contributed by atoms with van der Waals surface area (Å²) in [5.41, 5.74) is 0. The molecule has 2 amide bonds. The summed E-state index contributed by atoms with van der Waals surface area (Å²) < 4.78 is 28.7. The third kappa shape index (κ3) is 27.6. The molecule has 1 saturated carbocycles. The first-order chi connectivity index (χ1) is 24.0. The van der Waals surface area contributed by atoms with Crippen LogP contribution in [0.25, 0.3) is 0 Å². The van der Waals surface area contributed by atoms with Gasteiger partial charge >= 0.3 is 0 Å². The quantitative estimate of drug-likeness (QED) is 0.0397.